The highest BCUT2D eigenvalue weighted by Gasteiger charge is 2.10. The molecule has 1 amide bonds. The highest BCUT2D eigenvalue weighted by atomic mass is 16.2. The minimum Gasteiger partial charge on any atom is -0.378 e. The second kappa shape index (κ2) is 6.14. The summed E-state index contributed by atoms with van der Waals surface area (Å²) in [6, 6.07) is 3.55. The summed E-state index contributed by atoms with van der Waals surface area (Å²) in [5, 5.41) is 11.1. The topological polar surface area (TPSA) is 75.9 Å². The molecule has 0 aliphatic rings. The van der Waals surface area contributed by atoms with Gasteiger partial charge in [0.05, 0.1) is 6.54 Å². The molecule has 7 nitrogen and oxygen atoms in total. The Hall–Kier alpha value is -2.44. The molecule has 0 aliphatic heterocycles. The predicted octanol–water partition coefficient (Wildman–Crippen LogP) is 1.01. The van der Waals surface area contributed by atoms with Gasteiger partial charge >= 0.3 is 0 Å². The SMILES string of the molecule is CCn1cnnc1CNc1ccnc(C(=O)N(C)C)c1. The second-order valence-corrected chi connectivity index (χ2v) is 4.52. The van der Waals surface area contributed by atoms with Crippen LogP contribution in [0.3, 0.4) is 0 Å². The van der Waals surface area contributed by atoms with Crippen molar-refractivity contribution in [3.05, 3.63) is 36.2 Å². The van der Waals surface area contributed by atoms with Crippen LogP contribution in [0.25, 0.3) is 0 Å². The minimum atomic E-state index is -0.120. The van der Waals surface area contributed by atoms with Crippen LogP contribution in [0.15, 0.2) is 24.7 Å². The van der Waals surface area contributed by atoms with Crippen molar-refractivity contribution >= 4 is 11.6 Å². The molecule has 2 heterocycles. The molecule has 0 fully saturated rings. The van der Waals surface area contributed by atoms with E-state index in [4.69, 9.17) is 0 Å². The molecule has 0 radical (unpaired) electrons. The normalized spacial score (nSPS) is 10.3. The van der Waals surface area contributed by atoms with Crippen LogP contribution in [0.2, 0.25) is 0 Å². The first kappa shape index (κ1) is 14.0. The lowest BCUT2D eigenvalue weighted by Gasteiger charge is -2.11. The van der Waals surface area contributed by atoms with Gasteiger partial charge in [0.15, 0.2) is 5.82 Å². The van der Waals surface area contributed by atoms with Gasteiger partial charge < -0.3 is 14.8 Å². The quantitative estimate of drug-likeness (QED) is 0.880. The summed E-state index contributed by atoms with van der Waals surface area (Å²) in [5.41, 5.74) is 1.24. The van der Waals surface area contributed by atoms with Crippen LogP contribution >= 0.6 is 0 Å². The number of nitrogens with zero attached hydrogens (tertiary/aromatic N) is 5. The molecule has 0 aliphatic carbocycles. The Kier molecular flexibility index (Phi) is 4.29. The van der Waals surface area contributed by atoms with Crippen LogP contribution in [0.5, 0.6) is 0 Å². The van der Waals surface area contributed by atoms with E-state index in [1.54, 1.807) is 32.7 Å². The van der Waals surface area contributed by atoms with E-state index in [2.05, 4.69) is 20.5 Å². The summed E-state index contributed by atoms with van der Waals surface area (Å²) >= 11 is 0. The number of anilines is 1. The van der Waals surface area contributed by atoms with Crippen molar-refractivity contribution < 1.29 is 4.79 Å². The number of amides is 1. The third kappa shape index (κ3) is 3.11. The maximum Gasteiger partial charge on any atom is 0.272 e. The molecule has 0 atom stereocenters. The second-order valence-electron chi connectivity index (χ2n) is 4.52. The molecule has 0 saturated heterocycles. The van der Waals surface area contributed by atoms with Gasteiger partial charge in [-0.15, -0.1) is 10.2 Å². The van der Waals surface area contributed by atoms with Crippen molar-refractivity contribution in [2.75, 3.05) is 19.4 Å². The first-order valence-corrected chi connectivity index (χ1v) is 6.40. The number of pyridine rings is 1. The number of hydrogen-bond acceptors (Lipinski definition) is 5. The molecule has 106 valence electrons. The van der Waals surface area contributed by atoms with Crippen LogP contribution in [0.4, 0.5) is 5.69 Å². The molecule has 2 rings (SSSR count). The van der Waals surface area contributed by atoms with Crippen LogP contribution in [0, 0.1) is 0 Å². The predicted molar refractivity (Wildman–Crippen MR) is 75.3 cm³/mol. The third-order valence-electron chi connectivity index (χ3n) is 2.87. The average Bonchev–Trinajstić information content (AvgIpc) is 2.92. The van der Waals surface area contributed by atoms with Crippen LogP contribution < -0.4 is 5.32 Å². The van der Waals surface area contributed by atoms with E-state index in [1.807, 2.05) is 17.6 Å². The Morgan fingerprint density at radius 3 is 2.95 bits per heavy atom. The summed E-state index contributed by atoms with van der Waals surface area (Å²) in [6.07, 6.45) is 3.31. The van der Waals surface area contributed by atoms with Crippen molar-refractivity contribution in [2.45, 2.75) is 20.0 Å². The van der Waals surface area contributed by atoms with E-state index in [0.717, 1.165) is 18.1 Å². The molecule has 1 N–H and O–H groups in total. The van der Waals surface area contributed by atoms with E-state index in [0.29, 0.717) is 12.2 Å². The summed E-state index contributed by atoms with van der Waals surface area (Å²) in [6.45, 7) is 3.41. The maximum absolute atomic E-state index is 11.8. The zero-order valence-electron chi connectivity index (χ0n) is 11.9. The molecule has 0 unspecified atom stereocenters. The third-order valence-corrected chi connectivity index (χ3v) is 2.87. The van der Waals surface area contributed by atoms with Gasteiger partial charge in [0, 0.05) is 32.5 Å². The zero-order valence-corrected chi connectivity index (χ0v) is 11.9. The largest absolute Gasteiger partial charge is 0.378 e. The van der Waals surface area contributed by atoms with Gasteiger partial charge in [-0.25, -0.2) is 0 Å². The Bertz CT molecular complexity index is 592. The molecule has 0 saturated carbocycles. The van der Waals surface area contributed by atoms with E-state index >= 15 is 0 Å². The molecular formula is C13H18N6O. The molecule has 2 aromatic heterocycles. The van der Waals surface area contributed by atoms with Crippen molar-refractivity contribution in [1.82, 2.24) is 24.6 Å². The summed E-state index contributed by atoms with van der Waals surface area (Å²) in [7, 11) is 3.40. The monoisotopic (exact) mass is 274 g/mol. The van der Waals surface area contributed by atoms with Gasteiger partial charge in [-0.05, 0) is 19.1 Å². The van der Waals surface area contributed by atoms with Gasteiger partial charge in [0.25, 0.3) is 5.91 Å². The summed E-state index contributed by atoms with van der Waals surface area (Å²) in [5.74, 6) is 0.732. The fraction of sp³-hybridized carbons (Fsp3) is 0.385. The summed E-state index contributed by atoms with van der Waals surface area (Å²) < 4.78 is 1.96. The van der Waals surface area contributed by atoms with E-state index in [-0.39, 0.29) is 5.91 Å². The van der Waals surface area contributed by atoms with Crippen LogP contribution in [-0.4, -0.2) is 44.7 Å². The molecule has 7 heteroatoms. The number of hydrogen-bond donors (Lipinski definition) is 1. The summed E-state index contributed by atoms with van der Waals surface area (Å²) in [4.78, 5) is 17.4. The van der Waals surface area contributed by atoms with Crippen molar-refractivity contribution in [3.8, 4) is 0 Å². The first-order chi connectivity index (χ1) is 9.61. The zero-order chi connectivity index (χ0) is 14.5. The number of nitrogens with one attached hydrogen (secondary N) is 1. The van der Waals surface area contributed by atoms with Gasteiger partial charge in [-0.1, -0.05) is 0 Å². The van der Waals surface area contributed by atoms with E-state index < -0.39 is 0 Å². The van der Waals surface area contributed by atoms with E-state index in [9.17, 15) is 4.79 Å². The number of aromatic nitrogens is 4. The van der Waals surface area contributed by atoms with Gasteiger partial charge in [-0.2, -0.15) is 0 Å². The number of aryl methyl sites for hydroxylation is 1. The lowest BCUT2D eigenvalue weighted by molar-refractivity contribution is 0.0822. The Morgan fingerprint density at radius 2 is 2.25 bits per heavy atom. The van der Waals surface area contributed by atoms with Crippen molar-refractivity contribution in [1.29, 1.82) is 0 Å². The minimum absolute atomic E-state index is 0.120. The van der Waals surface area contributed by atoms with E-state index in [1.165, 1.54) is 4.90 Å². The van der Waals surface area contributed by atoms with Crippen molar-refractivity contribution in [2.24, 2.45) is 0 Å². The molecule has 20 heavy (non-hydrogen) atoms. The standard InChI is InChI=1S/C13H18N6O/c1-4-19-9-16-17-12(19)8-15-10-5-6-14-11(7-10)13(20)18(2)3/h5-7,9H,4,8H2,1-3H3,(H,14,15). The Labute approximate surface area is 117 Å². The Morgan fingerprint density at radius 1 is 1.45 bits per heavy atom. The molecule has 0 aromatic carbocycles. The smallest absolute Gasteiger partial charge is 0.272 e. The fourth-order valence-corrected chi connectivity index (χ4v) is 1.75. The lowest BCUT2D eigenvalue weighted by atomic mass is 10.3. The van der Waals surface area contributed by atoms with Gasteiger partial charge in [-0.3, -0.25) is 9.78 Å². The highest BCUT2D eigenvalue weighted by molar-refractivity contribution is 5.92. The van der Waals surface area contributed by atoms with Crippen LogP contribution in [-0.2, 0) is 13.1 Å². The molecule has 0 spiro atoms. The van der Waals surface area contributed by atoms with Gasteiger partial charge in [0.1, 0.15) is 12.0 Å². The molecule has 2 aromatic rings. The fourth-order valence-electron chi connectivity index (χ4n) is 1.75. The highest BCUT2D eigenvalue weighted by Crippen LogP contribution is 2.10. The van der Waals surface area contributed by atoms with Gasteiger partial charge in [0.2, 0.25) is 0 Å². The van der Waals surface area contributed by atoms with Crippen LogP contribution in [0.1, 0.15) is 23.2 Å². The number of carbonyl (C=O) groups is 1. The maximum atomic E-state index is 11.8. The average molecular weight is 274 g/mol. The Balaban J connectivity index is 2.07. The molecular weight excluding hydrogens is 256 g/mol. The lowest BCUT2D eigenvalue weighted by Crippen LogP contribution is -2.22. The molecule has 0 bridgehead atoms. The number of carbonyl (C=O) groups excluding carboxylic acids is 1. The first-order valence-electron chi connectivity index (χ1n) is 6.40. The number of rotatable bonds is 5. The van der Waals surface area contributed by atoms with Crippen molar-refractivity contribution in [3.63, 3.8) is 0 Å².